The predicted octanol–water partition coefficient (Wildman–Crippen LogP) is 7.84. The summed E-state index contributed by atoms with van der Waals surface area (Å²) in [4.78, 5) is 0. The SMILES string of the molecule is CCCCCCCc1ccc(C#Cc2ccc(C#Cc3ccc(CC)c(F)c3)c(F)c2)cc1. The Morgan fingerprint density at radius 3 is 1.88 bits per heavy atom. The van der Waals surface area contributed by atoms with Crippen LogP contribution in [0.4, 0.5) is 8.78 Å². The van der Waals surface area contributed by atoms with Gasteiger partial charge in [-0.1, -0.05) is 81.4 Å². The number of benzene rings is 3. The van der Waals surface area contributed by atoms with Crippen molar-refractivity contribution in [3.63, 3.8) is 0 Å². The van der Waals surface area contributed by atoms with E-state index in [1.807, 2.05) is 19.1 Å². The van der Waals surface area contributed by atoms with Crippen molar-refractivity contribution in [2.24, 2.45) is 0 Å². The van der Waals surface area contributed by atoms with E-state index in [1.165, 1.54) is 49.8 Å². The molecule has 0 radical (unpaired) electrons. The van der Waals surface area contributed by atoms with Crippen LogP contribution in [0.25, 0.3) is 0 Å². The molecule has 0 bridgehead atoms. The van der Waals surface area contributed by atoms with Gasteiger partial charge in [-0.2, -0.15) is 0 Å². The largest absolute Gasteiger partial charge is 0.207 e. The van der Waals surface area contributed by atoms with E-state index in [4.69, 9.17) is 0 Å². The fraction of sp³-hybridized carbons (Fsp3) is 0.290. The van der Waals surface area contributed by atoms with Gasteiger partial charge in [-0.05, 0) is 72.9 Å². The monoisotopic (exact) mass is 440 g/mol. The first kappa shape index (κ1) is 24.3. The standard InChI is InChI=1S/C31H30F2/c1-3-5-6-7-8-9-24-10-12-25(13-11-24)14-15-26-17-20-29(31(33)23-26)21-18-27-16-19-28(4-2)30(32)22-27/h10-13,16-17,19-20,22-23H,3-9H2,1-2H3. The van der Waals surface area contributed by atoms with E-state index in [9.17, 15) is 8.78 Å². The van der Waals surface area contributed by atoms with Crippen LogP contribution < -0.4 is 0 Å². The molecule has 0 aliphatic carbocycles. The third-order valence-corrected chi connectivity index (χ3v) is 5.62. The molecular weight excluding hydrogens is 410 g/mol. The first-order valence-electron chi connectivity index (χ1n) is 11.8. The first-order valence-corrected chi connectivity index (χ1v) is 11.8. The minimum absolute atomic E-state index is 0.267. The average molecular weight is 441 g/mol. The number of hydrogen-bond acceptors (Lipinski definition) is 0. The Kier molecular flexibility index (Phi) is 9.29. The van der Waals surface area contributed by atoms with Crippen LogP contribution in [0.2, 0.25) is 0 Å². The van der Waals surface area contributed by atoms with E-state index in [-0.39, 0.29) is 11.4 Å². The Morgan fingerprint density at radius 1 is 0.606 bits per heavy atom. The molecule has 0 aliphatic rings. The molecule has 0 saturated carbocycles. The second-order valence-electron chi connectivity index (χ2n) is 8.22. The minimum Gasteiger partial charge on any atom is -0.207 e. The summed E-state index contributed by atoms with van der Waals surface area (Å²) in [5.41, 5.74) is 4.27. The van der Waals surface area contributed by atoms with Crippen LogP contribution in [-0.4, -0.2) is 0 Å². The van der Waals surface area contributed by atoms with Gasteiger partial charge < -0.3 is 0 Å². The van der Waals surface area contributed by atoms with Crippen molar-refractivity contribution < 1.29 is 8.78 Å². The van der Waals surface area contributed by atoms with Gasteiger partial charge >= 0.3 is 0 Å². The molecule has 3 rings (SSSR count). The van der Waals surface area contributed by atoms with Crippen molar-refractivity contribution in [3.05, 3.63) is 106 Å². The summed E-state index contributed by atoms with van der Waals surface area (Å²) in [6.45, 7) is 4.13. The fourth-order valence-electron chi connectivity index (χ4n) is 3.58. The van der Waals surface area contributed by atoms with E-state index in [0.29, 0.717) is 23.1 Å². The minimum atomic E-state index is -0.432. The third-order valence-electron chi connectivity index (χ3n) is 5.62. The number of aryl methyl sites for hydroxylation is 2. The molecule has 0 spiro atoms. The Hall–Kier alpha value is -3.36. The smallest absolute Gasteiger partial charge is 0.140 e. The quantitative estimate of drug-likeness (QED) is 0.259. The molecule has 0 aliphatic heterocycles. The van der Waals surface area contributed by atoms with Crippen molar-refractivity contribution in [2.75, 3.05) is 0 Å². The molecule has 0 fully saturated rings. The van der Waals surface area contributed by atoms with Crippen molar-refractivity contribution in [3.8, 4) is 23.7 Å². The molecule has 0 atom stereocenters. The summed E-state index contributed by atoms with van der Waals surface area (Å²) in [7, 11) is 0. The fourth-order valence-corrected chi connectivity index (χ4v) is 3.58. The van der Waals surface area contributed by atoms with Gasteiger partial charge in [0.25, 0.3) is 0 Å². The first-order chi connectivity index (χ1) is 16.1. The van der Waals surface area contributed by atoms with Gasteiger partial charge in [0.1, 0.15) is 11.6 Å². The molecule has 0 heterocycles. The average Bonchev–Trinajstić information content (AvgIpc) is 2.83. The number of hydrogen-bond donors (Lipinski definition) is 0. The maximum atomic E-state index is 14.5. The van der Waals surface area contributed by atoms with Gasteiger partial charge in [0.05, 0.1) is 5.56 Å². The Bertz CT molecular complexity index is 1180. The summed E-state index contributed by atoms with van der Waals surface area (Å²) in [6.07, 6.45) is 8.12. The second-order valence-corrected chi connectivity index (χ2v) is 8.22. The third kappa shape index (κ3) is 7.62. The van der Waals surface area contributed by atoms with Crippen LogP contribution in [0.3, 0.4) is 0 Å². The summed E-state index contributed by atoms with van der Waals surface area (Å²) >= 11 is 0. The van der Waals surface area contributed by atoms with Gasteiger partial charge in [0.2, 0.25) is 0 Å². The Balaban J connectivity index is 1.62. The Labute approximate surface area is 197 Å². The lowest BCUT2D eigenvalue weighted by Crippen LogP contribution is -1.89. The highest BCUT2D eigenvalue weighted by Crippen LogP contribution is 2.13. The van der Waals surface area contributed by atoms with E-state index >= 15 is 0 Å². The highest BCUT2D eigenvalue weighted by atomic mass is 19.1. The highest BCUT2D eigenvalue weighted by Gasteiger charge is 2.02. The zero-order chi connectivity index (χ0) is 23.5. The van der Waals surface area contributed by atoms with Gasteiger partial charge in [0.15, 0.2) is 0 Å². The van der Waals surface area contributed by atoms with Crippen molar-refractivity contribution >= 4 is 0 Å². The maximum absolute atomic E-state index is 14.5. The van der Waals surface area contributed by atoms with E-state index in [2.05, 4.69) is 42.7 Å². The summed E-state index contributed by atoms with van der Waals surface area (Å²) in [5, 5.41) is 0. The molecule has 33 heavy (non-hydrogen) atoms. The zero-order valence-electron chi connectivity index (χ0n) is 19.5. The van der Waals surface area contributed by atoms with Gasteiger partial charge in [0, 0.05) is 16.7 Å². The molecule has 168 valence electrons. The molecule has 0 saturated heterocycles. The van der Waals surface area contributed by atoms with Crippen LogP contribution in [0.1, 0.15) is 79.3 Å². The molecule has 0 aromatic heterocycles. The lowest BCUT2D eigenvalue weighted by molar-refractivity contribution is 0.612. The highest BCUT2D eigenvalue weighted by molar-refractivity contribution is 5.49. The van der Waals surface area contributed by atoms with Crippen LogP contribution >= 0.6 is 0 Å². The molecule has 3 aromatic rings. The molecule has 0 N–H and O–H groups in total. The molecule has 3 aromatic carbocycles. The molecule has 0 unspecified atom stereocenters. The van der Waals surface area contributed by atoms with E-state index < -0.39 is 5.82 Å². The van der Waals surface area contributed by atoms with Gasteiger partial charge in [-0.3, -0.25) is 0 Å². The normalized spacial score (nSPS) is 10.2. The molecular formula is C31H30F2. The van der Waals surface area contributed by atoms with Crippen LogP contribution in [0, 0.1) is 35.3 Å². The second kappa shape index (κ2) is 12.6. The zero-order valence-corrected chi connectivity index (χ0v) is 19.5. The van der Waals surface area contributed by atoms with Crippen molar-refractivity contribution in [1.82, 2.24) is 0 Å². The number of halogens is 2. The van der Waals surface area contributed by atoms with Crippen LogP contribution in [-0.2, 0) is 12.8 Å². The number of unbranched alkanes of at least 4 members (excludes halogenated alkanes) is 4. The lowest BCUT2D eigenvalue weighted by atomic mass is 10.0. The van der Waals surface area contributed by atoms with Crippen LogP contribution in [0.15, 0.2) is 60.7 Å². The maximum Gasteiger partial charge on any atom is 0.140 e. The van der Waals surface area contributed by atoms with Crippen molar-refractivity contribution in [2.45, 2.75) is 58.8 Å². The topological polar surface area (TPSA) is 0 Å². The van der Waals surface area contributed by atoms with Gasteiger partial charge in [-0.15, -0.1) is 0 Å². The van der Waals surface area contributed by atoms with E-state index in [0.717, 1.165) is 12.0 Å². The van der Waals surface area contributed by atoms with E-state index in [1.54, 1.807) is 24.3 Å². The predicted molar refractivity (Wildman–Crippen MR) is 133 cm³/mol. The summed E-state index contributed by atoms with van der Waals surface area (Å²) in [5.74, 6) is 11.0. The van der Waals surface area contributed by atoms with Crippen LogP contribution in [0.5, 0.6) is 0 Å². The number of rotatable bonds is 7. The summed E-state index contributed by atoms with van der Waals surface area (Å²) < 4.78 is 28.4. The molecule has 0 amide bonds. The van der Waals surface area contributed by atoms with Crippen molar-refractivity contribution in [1.29, 1.82) is 0 Å². The van der Waals surface area contributed by atoms with Gasteiger partial charge in [-0.25, -0.2) is 8.78 Å². The Morgan fingerprint density at radius 2 is 1.21 bits per heavy atom. The molecule has 0 nitrogen and oxygen atoms in total. The molecule has 2 heteroatoms. The summed E-state index contributed by atoms with van der Waals surface area (Å²) in [6, 6.07) is 17.9. The lowest BCUT2D eigenvalue weighted by Gasteiger charge is -2.02.